The molecule has 9 heteroatoms. The zero-order valence-corrected chi connectivity index (χ0v) is 12.7. The lowest BCUT2D eigenvalue weighted by Crippen LogP contribution is -2.30. The largest absolute Gasteiger partial charge is 0.373 e. The molecule has 5 nitrogen and oxygen atoms in total. The number of rotatable bonds is 1. The Morgan fingerprint density at radius 3 is 2.95 bits per heavy atom. The molecule has 0 aromatic carbocycles. The number of ether oxygens (including phenoxy) is 1. The normalized spacial score (nSPS) is 27.6. The molecule has 1 unspecified atom stereocenters. The van der Waals surface area contributed by atoms with E-state index in [1.54, 1.807) is 4.90 Å². The summed E-state index contributed by atoms with van der Waals surface area (Å²) in [7, 11) is 0. The second kappa shape index (κ2) is 5.11. The molecule has 4 rings (SSSR count). The summed E-state index contributed by atoms with van der Waals surface area (Å²) in [4.78, 5) is 13.6. The number of hydrogen-bond donors (Lipinski definition) is 0. The quantitative estimate of drug-likeness (QED) is 0.587. The number of hydrogen-bond acceptors (Lipinski definition) is 5. The summed E-state index contributed by atoms with van der Waals surface area (Å²) in [6.07, 6.45) is 0.528. The van der Waals surface area contributed by atoms with Gasteiger partial charge in [-0.2, -0.15) is 4.98 Å². The fourth-order valence-corrected chi connectivity index (χ4v) is 3.14. The minimum absolute atomic E-state index is 0.0206. The van der Waals surface area contributed by atoms with Crippen LogP contribution in [-0.2, 0) is 4.74 Å². The lowest BCUT2D eigenvalue weighted by Gasteiger charge is -2.23. The number of alkyl halides is 1. The third kappa shape index (κ3) is 2.11. The highest BCUT2D eigenvalue weighted by Gasteiger charge is 2.57. The fourth-order valence-electron chi connectivity index (χ4n) is 2.84. The molecule has 0 N–H and O–H groups in total. The van der Waals surface area contributed by atoms with Crippen molar-refractivity contribution in [2.75, 3.05) is 18.1 Å². The van der Waals surface area contributed by atoms with Crippen molar-refractivity contribution in [3.63, 3.8) is 0 Å². The summed E-state index contributed by atoms with van der Waals surface area (Å²) in [5.41, 5.74) is -0.0206. The van der Waals surface area contributed by atoms with Gasteiger partial charge in [0.1, 0.15) is 17.4 Å². The molecular weight excluding hydrogens is 337 g/mol. The molecule has 2 aromatic heterocycles. The second-order valence-corrected chi connectivity index (χ2v) is 5.95. The van der Waals surface area contributed by atoms with Crippen LogP contribution in [0.25, 0.3) is 10.9 Å². The number of halogens is 4. The van der Waals surface area contributed by atoms with Crippen molar-refractivity contribution in [2.45, 2.75) is 24.7 Å². The van der Waals surface area contributed by atoms with Crippen LogP contribution in [0.2, 0.25) is 10.4 Å². The molecule has 3 atom stereocenters. The lowest BCUT2D eigenvalue weighted by molar-refractivity contribution is 0.105. The summed E-state index contributed by atoms with van der Waals surface area (Å²) in [6.45, 7) is 1.02. The van der Waals surface area contributed by atoms with Crippen molar-refractivity contribution in [3.8, 4) is 0 Å². The van der Waals surface area contributed by atoms with Crippen LogP contribution in [0.15, 0.2) is 6.20 Å². The van der Waals surface area contributed by atoms with Crippen molar-refractivity contribution < 1.29 is 13.5 Å². The van der Waals surface area contributed by atoms with Gasteiger partial charge in [-0.3, -0.25) is 0 Å². The zero-order chi connectivity index (χ0) is 15.4. The van der Waals surface area contributed by atoms with Gasteiger partial charge in [0.15, 0.2) is 17.1 Å². The number of pyridine rings is 1. The molecule has 0 spiro atoms. The van der Waals surface area contributed by atoms with Crippen LogP contribution >= 0.6 is 23.2 Å². The molecule has 1 aliphatic heterocycles. The molecular formula is C13H10Cl2F2N4O. The van der Waals surface area contributed by atoms with Gasteiger partial charge in [-0.05, 0) is 18.0 Å². The summed E-state index contributed by atoms with van der Waals surface area (Å²) in [6, 6.07) is -0.435. The van der Waals surface area contributed by atoms with E-state index in [-0.39, 0.29) is 16.0 Å². The molecule has 0 radical (unpaired) electrons. The molecule has 1 aliphatic carbocycles. The standard InChI is InChI=1S/C13H10Cl2F2N4O/c14-11-6(16)8-5(4-18-11)12(20-13(15)19-8)21-2-1-3-22-10-7(17)9(10)21/h4,7,9-10H,1-3H2/t7-,9?,10+/m1/s1. The third-order valence-corrected chi connectivity index (χ3v) is 4.35. The van der Waals surface area contributed by atoms with E-state index < -0.39 is 24.1 Å². The molecule has 0 bridgehead atoms. The van der Waals surface area contributed by atoms with Crippen LogP contribution in [0.5, 0.6) is 0 Å². The van der Waals surface area contributed by atoms with Gasteiger partial charge in [-0.25, -0.2) is 18.7 Å². The number of fused-ring (bicyclic) bond motifs is 2. The topological polar surface area (TPSA) is 51.1 Å². The van der Waals surface area contributed by atoms with E-state index in [9.17, 15) is 8.78 Å². The summed E-state index contributed by atoms with van der Waals surface area (Å²) in [5, 5.41) is -0.0624. The minimum atomic E-state index is -1.09. The maximum absolute atomic E-state index is 14.1. The maximum atomic E-state index is 14.1. The Balaban J connectivity index is 1.89. The third-order valence-electron chi connectivity index (χ3n) is 3.92. The van der Waals surface area contributed by atoms with E-state index in [0.717, 1.165) is 0 Å². The molecule has 2 fully saturated rings. The summed E-state index contributed by atoms with van der Waals surface area (Å²) in [5.74, 6) is -0.404. The predicted octanol–water partition coefficient (Wildman–Crippen LogP) is 2.79. The van der Waals surface area contributed by atoms with Crippen molar-refractivity contribution in [3.05, 3.63) is 22.5 Å². The van der Waals surface area contributed by atoms with Crippen molar-refractivity contribution in [2.24, 2.45) is 0 Å². The van der Waals surface area contributed by atoms with E-state index in [0.29, 0.717) is 30.8 Å². The molecule has 116 valence electrons. The van der Waals surface area contributed by atoms with Crippen LogP contribution in [0.3, 0.4) is 0 Å². The van der Waals surface area contributed by atoms with Crippen LogP contribution in [0.4, 0.5) is 14.6 Å². The second-order valence-electron chi connectivity index (χ2n) is 5.26. The fraction of sp³-hybridized carbons (Fsp3) is 0.462. The number of aromatic nitrogens is 3. The van der Waals surface area contributed by atoms with Crippen LogP contribution in [0, 0.1) is 5.82 Å². The van der Waals surface area contributed by atoms with Gasteiger partial charge in [-0.1, -0.05) is 11.6 Å². The molecule has 2 aromatic rings. The Morgan fingerprint density at radius 2 is 2.14 bits per heavy atom. The average molecular weight is 347 g/mol. The first-order valence-corrected chi connectivity index (χ1v) is 7.53. The molecule has 3 heterocycles. The Morgan fingerprint density at radius 1 is 1.32 bits per heavy atom. The van der Waals surface area contributed by atoms with Crippen LogP contribution in [-0.4, -0.2) is 46.4 Å². The van der Waals surface area contributed by atoms with Gasteiger partial charge < -0.3 is 9.64 Å². The minimum Gasteiger partial charge on any atom is -0.373 e. The highest BCUT2D eigenvalue weighted by Crippen LogP contribution is 2.41. The van der Waals surface area contributed by atoms with Crippen LogP contribution in [0.1, 0.15) is 6.42 Å². The van der Waals surface area contributed by atoms with Gasteiger partial charge >= 0.3 is 0 Å². The first-order valence-electron chi connectivity index (χ1n) is 6.77. The van der Waals surface area contributed by atoms with Gasteiger partial charge in [0.05, 0.1) is 11.4 Å². The Bertz CT molecular complexity index is 762. The SMILES string of the molecule is Fc1c(Cl)ncc2c(N3CCCO[C@@H]4C3[C@H]4F)nc(Cl)nc12. The Kier molecular flexibility index (Phi) is 3.32. The number of anilines is 1. The molecule has 1 saturated carbocycles. The highest BCUT2D eigenvalue weighted by atomic mass is 35.5. The maximum Gasteiger partial charge on any atom is 0.225 e. The van der Waals surface area contributed by atoms with E-state index in [4.69, 9.17) is 27.9 Å². The van der Waals surface area contributed by atoms with Gasteiger partial charge in [0, 0.05) is 19.3 Å². The first kappa shape index (κ1) is 14.3. The van der Waals surface area contributed by atoms with Crippen molar-refractivity contribution in [1.82, 2.24) is 15.0 Å². The van der Waals surface area contributed by atoms with E-state index in [1.807, 2.05) is 0 Å². The average Bonchev–Trinajstić information content (AvgIpc) is 3.18. The van der Waals surface area contributed by atoms with Crippen molar-refractivity contribution >= 4 is 39.9 Å². The van der Waals surface area contributed by atoms with E-state index in [1.165, 1.54) is 6.20 Å². The number of nitrogens with zero attached hydrogens (tertiary/aromatic N) is 4. The summed E-state index contributed by atoms with van der Waals surface area (Å²) < 4.78 is 33.4. The van der Waals surface area contributed by atoms with E-state index in [2.05, 4.69) is 15.0 Å². The summed E-state index contributed by atoms with van der Waals surface area (Å²) >= 11 is 11.6. The van der Waals surface area contributed by atoms with Gasteiger partial charge in [-0.15, -0.1) is 0 Å². The smallest absolute Gasteiger partial charge is 0.225 e. The van der Waals surface area contributed by atoms with Gasteiger partial charge in [0.25, 0.3) is 0 Å². The molecule has 1 saturated heterocycles. The van der Waals surface area contributed by atoms with Gasteiger partial charge in [0.2, 0.25) is 5.28 Å². The highest BCUT2D eigenvalue weighted by molar-refractivity contribution is 6.30. The lowest BCUT2D eigenvalue weighted by atomic mass is 10.2. The zero-order valence-electron chi connectivity index (χ0n) is 11.1. The molecule has 0 amide bonds. The van der Waals surface area contributed by atoms with Crippen molar-refractivity contribution in [1.29, 1.82) is 0 Å². The molecule has 22 heavy (non-hydrogen) atoms. The monoisotopic (exact) mass is 346 g/mol. The molecule has 2 aliphatic rings. The predicted molar refractivity (Wildman–Crippen MR) is 77.7 cm³/mol. The van der Waals surface area contributed by atoms with Crippen LogP contribution < -0.4 is 4.90 Å². The van der Waals surface area contributed by atoms with E-state index >= 15 is 0 Å². The Hall–Kier alpha value is -1.31. The Labute approximate surface area is 134 Å². The first-order chi connectivity index (χ1) is 10.6.